The summed E-state index contributed by atoms with van der Waals surface area (Å²) in [4.78, 5) is 26.5. The third-order valence-electron chi connectivity index (χ3n) is 4.05. The largest absolute Gasteiger partial charge is 0.508 e. The molecule has 1 aliphatic rings. The van der Waals surface area contributed by atoms with Crippen LogP contribution in [0.4, 0.5) is 0 Å². The average Bonchev–Trinajstić information content (AvgIpc) is 2.80. The van der Waals surface area contributed by atoms with Crippen molar-refractivity contribution in [3.8, 4) is 5.75 Å². The number of phenols is 1. The lowest BCUT2D eigenvalue weighted by molar-refractivity contribution is -0.129. The number of aliphatic hydroxyl groups is 1. The number of carbonyl (C=O) groups is 2. The molecule has 1 amide bonds. The Hall–Kier alpha value is -2.34. The summed E-state index contributed by atoms with van der Waals surface area (Å²) < 4.78 is 5.02. The van der Waals surface area contributed by atoms with Crippen molar-refractivity contribution in [2.45, 2.75) is 26.3 Å². The predicted molar refractivity (Wildman–Crippen MR) is 88.6 cm³/mol. The Balaban J connectivity index is 2.44. The van der Waals surface area contributed by atoms with Gasteiger partial charge in [0.15, 0.2) is 11.5 Å². The van der Waals surface area contributed by atoms with Gasteiger partial charge >= 0.3 is 0 Å². The Labute approximate surface area is 141 Å². The van der Waals surface area contributed by atoms with E-state index in [0.29, 0.717) is 25.1 Å². The standard InChI is InChI=1S/C18H23NO5/c1-11(2)16(21)14-15(12-5-7-13(20)8-6-12)19(9-4-10-24-3)18(23)17(14)22/h5-8,11,15,20,22H,4,9-10H2,1-3H3. The van der Waals surface area contributed by atoms with E-state index < -0.39 is 17.7 Å². The number of carbonyl (C=O) groups excluding carboxylic acids is 2. The molecule has 0 aromatic heterocycles. The van der Waals surface area contributed by atoms with Crippen molar-refractivity contribution in [3.63, 3.8) is 0 Å². The van der Waals surface area contributed by atoms with Crippen molar-refractivity contribution in [2.75, 3.05) is 20.3 Å². The summed E-state index contributed by atoms with van der Waals surface area (Å²) in [6.45, 7) is 4.29. The van der Waals surface area contributed by atoms with Crippen LogP contribution in [0.3, 0.4) is 0 Å². The second-order valence-electron chi connectivity index (χ2n) is 6.12. The molecule has 0 aliphatic carbocycles. The highest BCUT2D eigenvalue weighted by Crippen LogP contribution is 2.39. The zero-order valence-electron chi connectivity index (χ0n) is 14.2. The minimum absolute atomic E-state index is 0.0962. The molecule has 0 bridgehead atoms. The van der Waals surface area contributed by atoms with Crippen LogP contribution in [0.1, 0.15) is 31.9 Å². The van der Waals surface area contributed by atoms with Crippen LogP contribution in [0.2, 0.25) is 0 Å². The lowest BCUT2D eigenvalue weighted by Crippen LogP contribution is -2.33. The van der Waals surface area contributed by atoms with Gasteiger partial charge in [0.25, 0.3) is 5.91 Å². The molecule has 1 aromatic rings. The molecule has 1 atom stereocenters. The monoisotopic (exact) mass is 333 g/mol. The van der Waals surface area contributed by atoms with E-state index in [4.69, 9.17) is 4.74 Å². The number of benzene rings is 1. The Morgan fingerprint density at radius 2 is 1.88 bits per heavy atom. The van der Waals surface area contributed by atoms with E-state index in [1.165, 1.54) is 17.0 Å². The maximum atomic E-state index is 12.6. The van der Waals surface area contributed by atoms with Gasteiger partial charge in [0.1, 0.15) is 5.75 Å². The van der Waals surface area contributed by atoms with Gasteiger partial charge in [-0.3, -0.25) is 9.59 Å². The van der Waals surface area contributed by atoms with Crippen molar-refractivity contribution < 1.29 is 24.5 Å². The molecule has 0 spiro atoms. The second-order valence-corrected chi connectivity index (χ2v) is 6.12. The molecule has 0 saturated carbocycles. The molecule has 130 valence electrons. The third-order valence-corrected chi connectivity index (χ3v) is 4.05. The minimum atomic E-state index is -0.648. The summed E-state index contributed by atoms with van der Waals surface area (Å²) in [5.41, 5.74) is 0.796. The van der Waals surface area contributed by atoms with Crippen LogP contribution in [-0.2, 0) is 14.3 Å². The van der Waals surface area contributed by atoms with E-state index in [2.05, 4.69) is 0 Å². The molecule has 0 fully saturated rings. The van der Waals surface area contributed by atoms with Crippen molar-refractivity contribution >= 4 is 11.7 Å². The van der Waals surface area contributed by atoms with Crippen LogP contribution in [0, 0.1) is 5.92 Å². The van der Waals surface area contributed by atoms with E-state index in [1.807, 2.05) is 0 Å². The lowest BCUT2D eigenvalue weighted by Gasteiger charge is -2.27. The number of phenolic OH excluding ortho intramolecular Hbond substituents is 1. The fraction of sp³-hybridized carbons (Fsp3) is 0.444. The highest BCUT2D eigenvalue weighted by atomic mass is 16.5. The minimum Gasteiger partial charge on any atom is -0.508 e. The number of hydrogen-bond donors (Lipinski definition) is 2. The quantitative estimate of drug-likeness (QED) is 0.748. The highest BCUT2D eigenvalue weighted by molar-refractivity contribution is 6.09. The summed E-state index contributed by atoms with van der Waals surface area (Å²) in [7, 11) is 1.58. The molecule has 0 saturated heterocycles. The first-order valence-corrected chi connectivity index (χ1v) is 7.94. The number of hydrogen-bond acceptors (Lipinski definition) is 5. The van der Waals surface area contributed by atoms with Crippen molar-refractivity contribution in [1.82, 2.24) is 4.90 Å². The molecule has 1 unspecified atom stereocenters. The van der Waals surface area contributed by atoms with E-state index in [-0.39, 0.29) is 23.0 Å². The van der Waals surface area contributed by atoms with Crippen molar-refractivity contribution in [1.29, 1.82) is 0 Å². The van der Waals surface area contributed by atoms with E-state index in [1.54, 1.807) is 33.1 Å². The van der Waals surface area contributed by atoms with Gasteiger partial charge in [-0.25, -0.2) is 0 Å². The Morgan fingerprint density at radius 3 is 2.42 bits per heavy atom. The molecule has 0 radical (unpaired) electrons. The summed E-state index contributed by atoms with van der Waals surface area (Å²) in [6.07, 6.45) is 0.591. The fourth-order valence-electron chi connectivity index (χ4n) is 2.83. The first-order chi connectivity index (χ1) is 11.4. The first-order valence-electron chi connectivity index (χ1n) is 7.94. The molecule has 6 heteroatoms. The third kappa shape index (κ3) is 3.43. The van der Waals surface area contributed by atoms with Gasteiger partial charge in [0.2, 0.25) is 0 Å². The lowest BCUT2D eigenvalue weighted by atomic mass is 9.91. The topological polar surface area (TPSA) is 87.1 Å². The zero-order chi connectivity index (χ0) is 17.9. The van der Waals surface area contributed by atoms with Gasteiger partial charge in [-0.1, -0.05) is 26.0 Å². The van der Waals surface area contributed by atoms with Crippen molar-refractivity contribution in [2.24, 2.45) is 5.92 Å². The van der Waals surface area contributed by atoms with Gasteiger partial charge in [-0.2, -0.15) is 0 Å². The van der Waals surface area contributed by atoms with Crippen LogP contribution < -0.4 is 0 Å². The molecular weight excluding hydrogens is 310 g/mol. The normalized spacial score (nSPS) is 17.9. The number of ether oxygens (including phenoxy) is 1. The Morgan fingerprint density at radius 1 is 1.25 bits per heavy atom. The van der Waals surface area contributed by atoms with Crippen LogP contribution in [0.5, 0.6) is 5.75 Å². The van der Waals surface area contributed by atoms with E-state index >= 15 is 0 Å². The van der Waals surface area contributed by atoms with Crippen LogP contribution in [0.15, 0.2) is 35.6 Å². The SMILES string of the molecule is COCCCN1C(=O)C(O)=C(C(=O)C(C)C)C1c1ccc(O)cc1. The van der Waals surface area contributed by atoms with Gasteiger partial charge in [-0.15, -0.1) is 0 Å². The van der Waals surface area contributed by atoms with Gasteiger partial charge in [-0.05, 0) is 24.1 Å². The molecule has 24 heavy (non-hydrogen) atoms. The fourth-order valence-corrected chi connectivity index (χ4v) is 2.83. The van der Waals surface area contributed by atoms with E-state index in [9.17, 15) is 19.8 Å². The van der Waals surface area contributed by atoms with Crippen molar-refractivity contribution in [3.05, 3.63) is 41.2 Å². The van der Waals surface area contributed by atoms with Gasteiger partial charge in [0, 0.05) is 26.2 Å². The number of methoxy groups -OCH3 is 1. The summed E-state index contributed by atoms with van der Waals surface area (Å²) >= 11 is 0. The number of rotatable bonds is 7. The maximum absolute atomic E-state index is 12.6. The van der Waals surface area contributed by atoms with Gasteiger partial charge in [0.05, 0.1) is 11.6 Å². The highest BCUT2D eigenvalue weighted by Gasteiger charge is 2.43. The molecule has 2 N–H and O–H groups in total. The molecule has 1 aromatic carbocycles. The smallest absolute Gasteiger partial charge is 0.290 e. The van der Waals surface area contributed by atoms with Crippen LogP contribution in [-0.4, -0.2) is 47.1 Å². The Kier molecular flexibility index (Phi) is 5.62. The summed E-state index contributed by atoms with van der Waals surface area (Å²) in [5.74, 6) is -1.53. The second kappa shape index (κ2) is 7.49. The Bertz CT molecular complexity index is 648. The summed E-state index contributed by atoms with van der Waals surface area (Å²) in [6, 6.07) is 5.66. The number of aromatic hydroxyl groups is 1. The number of nitrogens with zero attached hydrogens (tertiary/aromatic N) is 1. The summed E-state index contributed by atoms with van der Waals surface area (Å²) in [5, 5.41) is 19.8. The number of ketones is 1. The van der Waals surface area contributed by atoms with E-state index in [0.717, 1.165) is 0 Å². The number of aliphatic hydroxyl groups excluding tert-OH is 1. The van der Waals surface area contributed by atoms with Crippen LogP contribution >= 0.6 is 0 Å². The molecule has 1 aliphatic heterocycles. The average molecular weight is 333 g/mol. The molecule has 6 nitrogen and oxygen atoms in total. The number of Topliss-reactive ketones (excluding diaryl/α,β-unsaturated/α-hetero) is 1. The number of amides is 1. The predicted octanol–water partition coefficient (Wildman–Crippen LogP) is 2.35. The molecule has 2 rings (SSSR count). The molecule has 1 heterocycles. The van der Waals surface area contributed by atoms with Gasteiger partial charge < -0.3 is 19.8 Å². The maximum Gasteiger partial charge on any atom is 0.290 e. The molecular formula is C18H23NO5. The zero-order valence-corrected chi connectivity index (χ0v) is 14.2. The first kappa shape index (κ1) is 18.0. The van der Waals surface area contributed by atoms with Crippen LogP contribution in [0.25, 0.3) is 0 Å².